The number of pyridine rings is 1. The molecule has 3 fully saturated rings. The number of ether oxygens (including phenoxy) is 2. The molecule has 1 aromatic rings. The van der Waals surface area contributed by atoms with Crippen molar-refractivity contribution in [1.29, 1.82) is 0 Å². The van der Waals surface area contributed by atoms with Crippen LogP contribution in [-0.2, 0) is 20.9 Å². The van der Waals surface area contributed by atoms with E-state index in [0.29, 0.717) is 51.7 Å². The van der Waals surface area contributed by atoms with Gasteiger partial charge in [-0.15, -0.1) is 0 Å². The molecular weight excluding hydrogens is 311 g/mol. The van der Waals surface area contributed by atoms with Crippen LogP contribution in [0.2, 0.25) is 0 Å². The number of amides is 1. The van der Waals surface area contributed by atoms with Gasteiger partial charge in [-0.3, -0.25) is 9.78 Å². The van der Waals surface area contributed by atoms with Crippen molar-refractivity contribution in [3.63, 3.8) is 0 Å². The zero-order chi connectivity index (χ0) is 16.6. The molecule has 3 heterocycles. The Kier molecular flexibility index (Phi) is 4.04. The van der Waals surface area contributed by atoms with Gasteiger partial charge in [-0.1, -0.05) is 6.07 Å². The highest BCUT2D eigenvalue weighted by Gasteiger charge is 2.60. The van der Waals surface area contributed by atoms with Gasteiger partial charge in [0.1, 0.15) is 5.60 Å². The Bertz CT molecular complexity index is 600. The fourth-order valence-electron chi connectivity index (χ4n) is 3.78. The van der Waals surface area contributed by atoms with Gasteiger partial charge in [0.15, 0.2) is 5.67 Å². The highest BCUT2D eigenvalue weighted by molar-refractivity contribution is 5.88. The Morgan fingerprint density at radius 3 is 2.96 bits per heavy atom. The Morgan fingerprint density at radius 2 is 2.25 bits per heavy atom. The molecule has 6 heteroatoms. The Morgan fingerprint density at radius 1 is 1.42 bits per heavy atom. The Labute approximate surface area is 141 Å². The van der Waals surface area contributed by atoms with E-state index in [9.17, 15) is 9.18 Å². The third kappa shape index (κ3) is 2.93. The smallest absolute Gasteiger partial charge is 0.260 e. The SMILES string of the molecule is O=C(N1CC2(C1)OCCC2CCOCc1ccccn1)C1(F)CC1. The van der Waals surface area contributed by atoms with E-state index in [1.807, 2.05) is 18.2 Å². The largest absolute Gasteiger partial charge is 0.375 e. The minimum absolute atomic E-state index is 0.269. The lowest BCUT2D eigenvalue weighted by Crippen LogP contribution is -2.67. The molecule has 0 N–H and O–H groups in total. The predicted molar refractivity (Wildman–Crippen MR) is 85.0 cm³/mol. The molecule has 3 aliphatic rings. The lowest BCUT2D eigenvalue weighted by Gasteiger charge is -2.50. The highest BCUT2D eigenvalue weighted by Crippen LogP contribution is 2.47. The molecule has 1 amide bonds. The van der Waals surface area contributed by atoms with Crippen LogP contribution in [0.5, 0.6) is 0 Å². The maximum atomic E-state index is 13.9. The van der Waals surface area contributed by atoms with Crippen LogP contribution < -0.4 is 0 Å². The molecule has 5 nitrogen and oxygen atoms in total. The first-order valence-corrected chi connectivity index (χ1v) is 8.71. The summed E-state index contributed by atoms with van der Waals surface area (Å²) in [6, 6.07) is 5.78. The minimum atomic E-state index is -1.57. The Balaban J connectivity index is 1.23. The van der Waals surface area contributed by atoms with E-state index in [4.69, 9.17) is 9.47 Å². The van der Waals surface area contributed by atoms with Crippen molar-refractivity contribution in [3.8, 4) is 0 Å². The summed E-state index contributed by atoms with van der Waals surface area (Å²) in [4.78, 5) is 17.9. The van der Waals surface area contributed by atoms with Gasteiger partial charge in [0.2, 0.25) is 0 Å². The van der Waals surface area contributed by atoms with E-state index in [1.165, 1.54) is 0 Å². The number of rotatable bonds is 6. The third-order valence-corrected chi connectivity index (χ3v) is 5.46. The van der Waals surface area contributed by atoms with E-state index in [1.54, 1.807) is 11.1 Å². The monoisotopic (exact) mass is 334 g/mol. The number of carbonyl (C=O) groups is 1. The van der Waals surface area contributed by atoms with Crippen LogP contribution >= 0.6 is 0 Å². The summed E-state index contributed by atoms with van der Waals surface area (Å²) in [6.45, 7) is 2.93. The average Bonchev–Trinajstić information content (AvgIpc) is 3.18. The first-order chi connectivity index (χ1) is 11.6. The van der Waals surface area contributed by atoms with Gasteiger partial charge in [0, 0.05) is 19.4 Å². The maximum absolute atomic E-state index is 13.9. The van der Waals surface area contributed by atoms with Gasteiger partial charge in [-0.25, -0.2) is 4.39 Å². The number of hydrogen-bond donors (Lipinski definition) is 0. The Hall–Kier alpha value is -1.53. The van der Waals surface area contributed by atoms with Crippen molar-refractivity contribution >= 4 is 5.91 Å². The summed E-state index contributed by atoms with van der Waals surface area (Å²) < 4.78 is 25.5. The normalized spacial score (nSPS) is 26.4. The summed E-state index contributed by atoms with van der Waals surface area (Å²) in [5, 5.41) is 0. The lowest BCUT2D eigenvalue weighted by molar-refractivity contribution is -0.172. The average molecular weight is 334 g/mol. The minimum Gasteiger partial charge on any atom is -0.375 e. The van der Waals surface area contributed by atoms with E-state index in [0.717, 1.165) is 18.5 Å². The van der Waals surface area contributed by atoms with Crippen molar-refractivity contribution in [1.82, 2.24) is 9.88 Å². The molecule has 1 saturated carbocycles. The number of carbonyl (C=O) groups excluding carboxylic acids is 1. The van der Waals surface area contributed by atoms with Crippen LogP contribution in [0, 0.1) is 5.92 Å². The van der Waals surface area contributed by atoms with E-state index < -0.39 is 5.67 Å². The molecule has 0 aromatic carbocycles. The number of aromatic nitrogens is 1. The quantitative estimate of drug-likeness (QED) is 0.748. The number of alkyl halides is 1. The molecular formula is C18H23FN2O3. The molecule has 0 radical (unpaired) electrons. The predicted octanol–water partition coefficient (Wildman–Crippen LogP) is 2.11. The second-order valence-electron chi connectivity index (χ2n) is 7.19. The van der Waals surface area contributed by atoms with Crippen molar-refractivity contribution in [2.45, 2.75) is 43.6 Å². The van der Waals surface area contributed by atoms with Crippen LogP contribution in [0.4, 0.5) is 4.39 Å². The van der Waals surface area contributed by atoms with Crippen LogP contribution in [0.15, 0.2) is 24.4 Å². The molecule has 1 aliphatic carbocycles. The topological polar surface area (TPSA) is 51.7 Å². The summed E-state index contributed by atoms with van der Waals surface area (Å²) in [5.74, 6) is 0.0359. The molecule has 4 rings (SSSR count). The number of likely N-dealkylation sites (tertiary alicyclic amines) is 1. The van der Waals surface area contributed by atoms with Crippen molar-refractivity contribution < 1.29 is 18.7 Å². The summed E-state index contributed by atoms with van der Waals surface area (Å²) in [6.07, 6.45) is 4.39. The van der Waals surface area contributed by atoms with Crippen LogP contribution in [0.3, 0.4) is 0 Å². The molecule has 2 saturated heterocycles. The number of nitrogens with zero attached hydrogens (tertiary/aromatic N) is 2. The molecule has 1 spiro atoms. The number of halogens is 1. The lowest BCUT2D eigenvalue weighted by atomic mass is 9.79. The van der Waals surface area contributed by atoms with Crippen LogP contribution in [0.1, 0.15) is 31.4 Å². The van der Waals surface area contributed by atoms with Crippen molar-refractivity contribution in [2.24, 2.45) is 5.92 Å². The molecule has 1 atom stereocenters. The summed E-state index contributed by atoms with van der Waals surface area (Å²) >= 11 is 0. The van der Waals surface area contributed by atoms with Gasteiger partial charge in [0.05, 0.1) is 25.4 Å². The van der Waals surface area contributed by atoms with Gasteiger partial charge in [-0.05, 0) is 43.7 Å². The zero-order valence-electron chi connectivity index (χ0n) is 13.7. The maximum Gasteiger partial charge on any atom is 0.260 e. The van der Waals surface area contributed by atoms with E-state index >= 15 is 0 Å². The molecule has 1 unspecified atom stereocenters. The number of hydrogen-bond acceptors (Lipinski definition) is 4. The molecule has 0 bridgehead atoms. The van der Waals surface area contributed by atoms with Crippen molar-refractivity contribution in [2.75, 3.05) is 26.3 Å². The highest BCUT2D eigenvalue weighted by atomic mass is 19.1. The second kappa shape index (κ2) is 6.08. The summed E-state index contributed by atoms with van der Waals surface area (Å²) in [5.41, 5.74) is -0.912. The first-order valence-electron chi connectivity index (χ1n) is 8.71. The molecule has 24 heavy (non-hydrogen) atoms. The molecule has 2 aliphatic heterocycles. The zero-order valence-corrected chi connectivity index (χ0v) is 13.7. The molecule has 1 aromatic heterocycles. The van der Waals surface area contributed by atoms with Gasteiger partial charge in [0.25, 0.3) is 5.91 Å². The standard InChI is InChI=1S/C18H23FN2O3/c19-17(6-7-17)16(22)21-12-18(13-21)14(5-10-24-18)4-9-23-11-15-3-1-2-8-20-15/h1-3,8,14H,4-7,9-13H2. The van der Waals surface area contributed by atoms with Gasteiger partial charge in [-0.2, -0.15) is 0 Å². The first kappa shape index (κ1) is 16.0. The van der Waals surface area contributed by atoms with Crippen LogP contribution in [-0.4, -0.2) is 53.4 Å². The van der Waals surface area contributed by atoms with E-state index in [-0.39, 0.29) is 11.5 Å². The fourth-order valence-corrected chi connectivity index (χ4v) is 3.78. The van der Waals surface area contributed by atoms with Gasteiger partial charge < -0.3 is 14.4 Å². The third-order valence-electron chi connectivity index (χ3n) is 5.46. The fraction of sp³-hybridized carbons (Fsp3) is 0.667. The van der Waals surface area contributed by atoms with Crippen molar-refractivity contribution in [3.05, 3.63) is 30.1 Å². The molecule has 130 valence electrons. The van der Waals surface area contributed by atoms with E-state index in [2.05, 4.69) is 4.98 Å². The second-order valence-corrected chi connectivity index (χ2v) is 7.19. The van der Waals surface area contributed by atoms with Crippen LogP contribution in [0.25, 0.3) is 0 Å². The summed E-state index contributed by atoms with van der Waals surface area (Å²) in [7, 11) is 0. The van der Waals surface area contributed by atoms with Gasteiger partial charge >= 0.3 is 0 Å².